The Morgan fingerprint density at radius 2 is 2.17 bits per heavy atom. The third-order valence-electron chi connectivity index (χ3n) is 4.37. The third-order valence-corrected chi connectivity index (χ3v) is 5.42. The van der Waals surface area contributed by atoms with Gasteiger partial charge in [-0.3, -0.25) is 4.79 Å². The molecule has 0 atom stereocenters. The number of para-hydroxylation sites is 1. The molecule has 1 aliphatic rings. The van der Waals surface area contributed by atoms with Gasteiger partial charge in [0.1, 0.15) is 5.82 Å². The zero-order valence-corrected chi connectivity index (χ0v) is 13.9. The van der Waals surface area contributed by atoms with Gasteiger partial charge in [0, 0.05) is 13.0 Å². The molecule has 1 saturated carbocycles. The van der Waals surface area contributed by atoms with Gasteiger partial charge >= 0.3 is 0 Å². The van der Waals surface area contributed by atoms with Crippen LogP contribution in [-0.2, 0) is 11.3 Å². The van der Waals surface area contributed by atoms with Crippen LogP contribution in [0, 0.1) is 11.7 Å². The van der Waals surface area contributed by atoms with Crippen molar-refractivity contribution in [2.24, 2.45) is 10.9 Å². The molecular formula is C18H21FN2OS. The minimum atomic E-state index is -0.290. The number of amides is 1. The summed E-state index contributed by atoms with van der Waals surface area (Å²) in [7, 11) is 0. The number of fused-ring (bicyclic) bond motifs is 1. The minimum absolute atomic E-state index is 0.0957. The summed E-state index contributed by atoms with van der Waals surface area (Å²) in [5, 5.41) is 0. The normalized spacial score (nSPS) is 16.8. The Bertz CT molecular complexity index is 784. The maximum atomic E-state index is 14.1. The van der Waals surface area contributed by atoms with Gasteiger partial charge in [-0.1, -0.05) is 42.7 Å². The number of benzene rings is 1. The van der Waals surface area contributed by atoms with Crippen molar-refractivity contribution in [2.45, 2.75) is 45.1 Å². The van der Waals surface area contributed by atoms with E-state index in [1.807, 2.05) is 6.07 Å². The summed E-state index contributed by atoms with van der Waals surface area (Å²) in [5.41, 5.74) is 0.501. The van der Waals surface area contributed by atoms with E-state index in [0.717, 1.165) is 17.5 Å². The molecule has 0 unspecified atom stereocenters. The Morgan fingerprint density at radius 3 is 2.91 bits per heavy atom. The van der Waals surface area contributed by atoms with Crippen LogP contribution >= 0.6 is 11.3 Å². The lowest BCUT2D eigenvalue weighted by molar-refractivity contribution is -0.119. The Balaban J connectivity index is 1.94. The number of hydrogen-bond donors (Lipinski definition) is 0. The molecule has 122 valence electrons. The number of rotatable bonds is 4. The van der Waals surface area contributed by atoms with Gasteiger partial charge in [-0.05, 0) is 30.9 Å². The number of halogens is 1. The van der Waals surface area contributed by atoms with Crippen LogP contribution in [0.2, 0.25) is 0 Å². The molecule has 1 aliphatic carbocycles. The standard InChI is InChI=1S/C18H21FN2OS/c1-2-11-21-17-14(19)9-6-10-15(17)23-18(21)20-16(22)12-13-7-4-3-5-8-13/h2,6,9-10,13H,1,3-5,7-8,11-12H2. The largest absolute Gasteiger partial charge is 0.310 e. The lowest BCUT2D eigenvalue weighted by Crippen LogP contribution is -2.18. The van der Waals surface area contributed by atoms with Crippen LogP contribution in [0.5, 0.6) is 0 Å². The van der Waals surface area contributed by atoms with Gasteiger partial charge in [0.25, 0.3) is 0 Å². The summed E-state index contributed by atoms with van der Waals surface area (Å²) in [6, 6.07) is 4.97. The van der Waals surface area contributed by atoms with Gasteiger partial charge in [-0.25, -0.2) is 4.39 Å². The van der Waals surface area contributed by atoms with Crippen LogP contribution < -0.4 is 4.80 Å². The first-order chi connectivity index (χ1) is 11.2. The first-order valence-corrected chi connectivity index (χ1v) is 8.97. The minimum Gasteiger partial charge on any atom is -0.310 e. The highest BCUT2D eigenvalue weighted by atomic mass is 32.1. The van der Waals surface area contributed by atoms with Crippen LogP contribution in [0.1, 0.15) is 38.5 Å². The number of hydrogen-bond acceptors (Lipinski definition) is 2. The monoisotopic (exact) mass is 332 g/mol. The molecule has 1 fully saturated rings. The van der Waals surface area contributed by atoms with E-state index in [-0.39, 0.29) is 11.7 Å². The zero-order valence-electron chi connectivity index (χ0n) is 13.1. The SMILES string of the molecule is C=CCn1c(=NC(=O)CC2CCCCC2)sc2cccc(F)c21. The van der Waals surface area contributed by atoms with E-state index in [1.54, 1.807) is 16.7 Å². The molecule has 5 heteroatoms. The van der Waals surface area contributed by atoms with E-state index < -0.39 is 0 Å². The first-order valence-electron chi connectivity index (χ1n) is 8.15. The molecule has 0 aliphatic heterocycles. The van der Waals surface area contributed by atoms with Crippen molar-refractivity contribution in [1.29, 1.82) is 0 Å². The van der Waals surface area contributed by atoms with Crippen molar-refractivity contribution < 1.29 is 9.18 Å². The van der Waals surface area contributed by atoms with Gasteiger partial charge in [0.05, 0.1) is 10.2 Å². The fourth-order valence-corrected chi connectivity index (χ4v) is 4.33. The summed E-state index contributed by atoms with van der Waals surface area (Å²) in [4.78, 5) is 17.1. The van der Waals surface area contributed by atoms with E-state index in [1.165, 1.54) is 36.7 Å². The smallest absolute Gasteiger partial charge is 0.248 e. The lowest BCUT2D eigenvalue weighted by Gasteiger charge is -2.19. The number of allylic oxidation sites excluding steroid dienone is 1. The van der Waals surface area contributed by atoms with Gasteiger partial charge in [0.2, 0.25) is 5.91 Å². The van der Waals surface area contributed by atoms with Crippen LogP contribution in [0.15, 0.2) is 35.8 Å². The average molecular weight is 332 g/mol. The van der Waals surface area contributed by atoms with Crippen molar-refractivity contribution in [3.05, 3.63) is 41.5 Å². The average Bonchev–Trinajstić information content (AvgIpc) is 2.87. The maximum absolute atomic E-state index is 14.1. The van der Waals surface area contributed by atoms with Crippen molar-refractivity contribution >= 4 is 27.5 Å². The predicted octanol–water partition coefficient (Wildman–Crippen LogP) is 4.43. The van der Waals surface area contributed by atoms with Gasteiger partial charge < -0.3 is 4.57 Å². The summed E-state index contributed by atoms with van der Waals surface area (Å²) in [6.07, 6.45) is 8.14. The van der Waals surface area contributed by atoms with E-state index in [9.17, 15) is 9.18 Å². The van der Waals surface area contributed by atoms with E-state index in [0.29, 0.717) is 29.2 Å². The molecular weight excluding hydrogens is 311 g/mol. The molecule has 0 radical (unpaired) electrons. The second-order valence-electron chi connectivity index (χ2n) is 6.08. The van der Waals surface area contributed by atoms with E-state index in [2.05, 4.69) is 11.6 Å². The van der Waals surface area contributed by atoms with Crippen molar-refractivity contribution in [1.82, 2.24) is 4.57 Å². The maximum Gasteiger partial charge on any atom is 0.248 e. The molecule has 1 heterocycles. The molecule has 3 nitrogen and oxygen atoms in total. The Hall–Kier alpha value is -1.75. The summed E-state index contributed by atoms with van der Waals surface area (Å²) in [6.45, 7) is 4.16. The molecule has 0 bridgehead atoms. The Labute approximate surface area is 139 Å². The number of thiazole rings is 1. The molecule has 1 aromatic heterocycles. The molecule has 3 rings (SSSR count). The van der Waals surface area contributed by atoms with Crippen molar-refractivity contribution in [3.63, 3.8) is 0 Å². The molecule has 0 N–H and O–H groups in total. The zero-order chi connectivity index (χ0) is 16.2. The Kier molecular flexibility index (Phi) is 5.06. The van der Waals surface area contributed by atoms with Crippen LogP contribution in [0.4, 0.5) is 4.39 Å². The molecule has 1 amide bonds. The van der Waals surface area contributed by atoms with Gasteiger partial charge in [0.15, 0.2) is 4.80 Å². The fraction of sp³-hybridized carbons (Fsp3) is 0.444. The highest BCUT2D eigenvalue weighted by Crippen LogP contribution is 2.26. The number of aromatic nitrogens is 1. The highest BCUT2D eigenvalue weighted by molar-refractivity contribution is 7.16. The first kappa shape index (κ1) is 16.1. The molecule has 2 aromatic rings. The van der Waals surface area contributed by atoms with E-state index >= 15 is 0 Å². The molecule has 23 heavy (non-hydrogen) atoms. The number of carbonyl (C=O) groups is 1. The number of carbonyl (C=O) groups excluding carboxylic acids is 1. The highest BCUT2D eigenvalue weighted by Gasteiger charge is 2.17. The Morgan fingerprint density at radius 1 is 1.39 bits per heavy atom. The second kappa shape index (κ2) is 7.21. The quantitative estimate of drug-likeness (QED) is 0.763. The van der Waals surface area contributed by atoms with Crippen molar-refractivity contribution in [3.8, 4) is 0 Å². The van der Waals surface area contributed by atoms with Crippen LogP contribution in [0.3, 0.4) is 0 Å². The topological polar surface area (TPSA) is 34.4 Å². The molecule has 0 spiro atoms. The van der Waals surface area contributed by atoms with Gasteiger partial charge in [-0.15, -0.1) is 6.58 Å². The molecule has 1 aromatic carbocycles. The summed E-state index contributed by atoms with van der Waals surface area (Å²) < 4.78 is 16.7. The van der Waals surface area contributed by atoms with Crippen LogP contribution in [0.25, 0.3) is 10.2 Å². The van der Waals surface area contributed by atoms with Crippen molar-refractivity contribution in [2.75, 3.05) is 0 Å². The van der Waals surface area contributed by atoms with E-state index in [4.69, 9.17) is 0 Å². The summed E-state index contributed by atoms with van der Waals surface area (Å²) >= 11 is 1.36. The summed E-state index contributed by atoms with van der Waals surface area (Å²) in [5.74, 6) is 0.0717. The third kappa shape index (κ3) is 3.61. The lowest BCUT2D eigenvalue weighted by atomic mass is 9.87. The second-order valence-corrected chi connectivity index (χ2v) is 7.09. The van der Waals surface area contributed by atoms with Gasteiger partial charge in [-0.2, -0.15) is 4.99 Å². The fourth-order valence-electron chi connectivity index (χ4n) is 3.26. The van der Waals surface area contributed by atoms with Crippen LogP contribution in [-0.4, -0.2) is 10.5 Å². The predicted molar refractivity (Wildman–Crippen MR) is 91.7 cm³/mol. The molecule has 0 saturated heterocycles. The number of nitrogens with zero attached hydrogens (tertiary/aromatic N) is 2.